The lowest BCUT2D eigenvalue weighted by atomic mass is 9.97. The van der Waals surface area contributed by atoms with Gasteiger partial charge in [0, 0.05) is 13.0 Å². The van der Waals surface area contributed by atoms with Crippen molar-refractivity contribution in [2.24, 2.45) is 5.92 Å². The van der Waals surface area contributed by atoms with Crippen molar-refractivity contribution in [3.63, 3.8) is 0 Å². The molecule has 2 atom stereocenters. The lowest BCUT2D eigenvalue weighted by molar-refractivity contribution is -0.692. The van der Waals surface area contributed by atoms with Crippen LogP contribution in [0.1, 0.15) is 134 Å². The first-order valence-corrected chi connectivity index (χ1v) is 20.6. The van der Waals surface area contributed by atoms with Crippen molar-refractivity contribution in [2.45, 2.75) is 153 Å². The Morgan fingerprint density at radius 2 is 1.51 bits per heavy atom. The number of rotatable bonds is 24. The Morgan fingerprint density at radius 1 is 0.915 bits per heavy atom. The Labute approximate surface area is 289 Å². The third-order valence-corrected chi connectivity index (χ3v) is 10.3. The number of hydrogen-bond donors (Lipinski definition) is 1. The fraction of sp³-hybridized carbons (Fsp3) is 0.730. The average molecular weight is 695 g/mol. The molecule has 8 nitrogen and oxygen atoms in total. The van der Waals surface area contributed by atoms with E-state index in [1.54, 1.807) is 23.5 Å². The smallest absolute Gasteiger partial charge is 0.407 e. The van der Waals surface area contributed by atoms with Gasteiger partial charge >= 0.3 is 6.09 Å². The van der Waals surface area contributed by atoms with E-state index in [0.717, 1.165) is 44.4 Å². The van der Waals surface area contributed by atoms with Crippen LogP contribution in [0.5, 0.6) is 0 Å². The van der Waals surface area contributed by atoms with E-state index in [1.807, 2.05) is 6.92 Å². The summed E-state index contributed by atoms with van der Waals surface area (Å²) in [5.41, 5.74) is 3.06. The van der Waals surface area contributed by atoms with E-state index in [-0.39, 0.29) is 17.1 Å². The maximum atomic E-state index is 11.9. The second kappa shape index (κ2) is 25.9. The van der Waals surface area contributed by atoms with Crippen LogP contribution in [0.15, 0.2) is 46.2 Å². The first-order chi connectivity index (χ1) is 22.8. The molecule has 3 rings (SSSR count). The number of unbranched alkanes of at least 4 members (excludes halogenated alkanes) is 15. The van der Waals surface area contributed by atoms with Crippen LogP contribution in [0.3, 0.4) is 0 Å². The van der Waals surface area contributed by atoms with Crippen LogP contribution in [0.2, 0.25) is 0 Å². The molecule has 1 N–H and O–H groups in total. The fourth-order valence-electron chi connectivity index (χ4n) is 5.83. The van der Waals surface area contributed by atoms with Gasteiger partial charge in [-0.3, -0.25) is 0 Å². The summed E-state index contributed by atoms with van der Waals surface area (Å²) >= 11 is 1.72. The molecule has 1 saturated heterocycles. The highest BCUT2D eigenvalue weighted by Gasteiger charge is 2.26. The van der Waals surface area contributed by atoms with Crippen molar-refractivity contribution in [2.75, 3.05) is 19.8 Å². The average Bonchev–Trinajstić information content (AvgIpc) is 3.74. The predicted octanol–water partition coefficient (Wildman–Crippen LogP) is 9.11. The summed E-state index contributed by atoms with van der Waals surface area (Å²) in [6.07, 6.45) is 27.1. The summed E-state index contributed by atoms with van der Waals surface area (Å²) in [4.78, 5) is 11.8. The van der Waals surface area contributed by atoms with Gasteiger partial charge in [0.05, 0.1) is 23.0 Å². The molecular weight excluding hydrogens is 633 g/mol. The molecule has 268 valence electrons. The Morgan fingerprint density at radius 3 is 2.09 bits per heavy atom. The molecule has 1 aromatic heterocycles. The number of amides is 1. The van der Waals surface area contributed by atoms with Crippen LogP contribution in [-0.4, -0.2) is 44.9 Å². The molecule has 1 aliphatic rings. The van der Waals surface area contributed by atoms with Crippen LogP contribution in [-0.2, 0) is 26.1 Å². The third kappa shape index (κ3) is 21.6. The van der Waals surface area contributed by atoms with Gasteiger partial charge in [-0.05, 0) is 50.7 Å². The summed E-state index contributed by atoms with van der Waals surface area (Å²) in [6, 6.07) is 5.78. The van der Waals surface area contributed by atoms with Gasteiger partial charge in [-0.25, -0.2) is 13.2 Å². The highest BCUT2D eigenvalue weighted by atomic mass is 32.2. The van der Waals surface area contributed by atoms with Crippen molar-refractivity contribution in [3.8, 4) is 0 Å². The molecule has 1 fully saturated rings. The minimum absolute atomic E-state index is 0.0787. The second-order valence-corrected chi connectivity index (χ2v) is 15.2. The zero-order chi connectivity index (χ0) is 34.0. The quantitative estimate of drug-likeness (QED) is 0.0667. The highest BCUT2D eigenvalue weighted by Crippen LogP contribution is 2.25. The van der Waals surface area contributed by atoms with Crippen LogP contribution in [0.25, 0.3) is 0 Å². The zero-order valence-corrected chi connectivity index (χ0v) is 30.8. The molecule has 0 spiro atoms. The third-order valence-electron chi connectivity index (χ3n) is 8.73. The standard InChI is InChI=1S/C30H54N2O3S.C7H8O3S/c1-2-3-4-5-6-7-8-9-10-11-12-13-14-16-19-28-24-29(34-25-28)26-35-30(33)31-20-17-15-18-21-32-22-23-36-27-32;1-6-2-4-7(5-3-6)11(8,9)10/h22-23,27-29H,2-21,24-26H2,1H3;2-5H,1H3,(H,8,9,10). The number of benzene rings is 1. The van der Waals surface area contributed by atoms with Crippen LogP contribution < -0.4 is 9.88 Å². The molecule has 1 amide bonds. The molecule has 10 heteroatoms. The summed E-state index contributed by atoms with van der Waals surface area (Å²) in [7, 11) is -4.27. The number of alkyl carbamates (subject to hydrolysis) is 1. The van der Waals surface area contributed by atoms with Crippen LogP contribution in [0.4, 0.5) is 4.79 Å². The Balaban J connectivity index is 0.000000587. The molecule has 1 aliphatic heterocycles. The van der Waals surface area contributed by atoms with E-state index in [4.69, 9.17) is 9.47 Å². The first-order valence-electron chi connectivity index (χ1n) is 18.2. The van der Waals surface area contributed by atoms with Crippen molar-refractivity contribution in [1.82, 2.24) is 5.32 Å². The second-order valence-electron chi connectivity index (χ2n) is 13.1. The van der Waals surface area contributed by atoms with E-state index in [1.165, 1.54) is 108 Å². The van der Waals surface area contributed by atoms with E-state index < -0.39 is 10.1 Å². The molecule has 47 heavy (non-hydrogen) atoms. The first kappa shape index (κ1) is 41.2. The zero-order valence-electron chi connectivity index (χ0n) is 29.2. The lowest BCUT2D eigenvalue weighted by Crippen LogP contribution is -2.30. The van der Waals surface area contributed by atoms with Gasteiger partial charge in [0.2, 0.25) is 5.51 Å². The van der Waals surface area contributed by atoms with Crippen molar-refractivity contribution >= 4 is 27.5 Å². The molecule has 0 radical (unpaired) electrons. The van der Waals surface area contributed by atoms with Crippen molar-refractivity contribution < 1.29 is 31.8 Å². The number of carbonyl (C=O) groups excluding carboxylic acids is 1. The summed E-state index contributed by atoms with van der Waals surface area (Å²) in [5.74, 6) is 0.639. The fourth-order valence-corrected chi connectivity index (χ4v) is 6.92. The van der Waals surface area contributed by atoms with Gasteiger partial charge in [0.1, 0.15) is 23.3 Å². The van der Waals surface area contributed by atoms with Crippen molar-refractivity contribution in [3.05, 3.63) is 46.9 Å². The minimum atomic E-state index is -4.27. The van der Waals surface area contributed by atoms with Crippen LogP contribution in [0, 0.1) is 12.8 Å². The number of thiazole rings is 1. The lowest BCUT2D eigenvalue weighted by Gasteiger charge is -2.11. The molecule has 0 bridgehead atoms. The van der Waals surface area contributed by atoms with Crippen molar-refractivity contribution in [1.29, 1.82) is 0 Å². The maximum Gasteiger partial charge on any atom is 0.407 e. The number of nitrogens with one attached hydrogen (secondary N) is 1. The van der Waals surface area contributed by atoms with Gasteiger partial charge in [-0.1, -0.05) is 126 Å². The Hall–Kier alpha value is -2.01. The highest BCUT2D eigenvalue weighted by molar-refractivity contribution is 7.85. The molecule has 2 aromatic rings. The minimum Gasteiger partial charge on any atom is -0.744 e. The largest absolute Gasteiger partial charge is 0.744 e. The summed E-state index contributed by atoms with van der Waals surface area (Å²) < 4.78 is 44.6. The molecule has 2 unspecified atom stereocenters. The Kier molecular flexibility index (Phi) is 22.7. The normalized spacial score (nSPS) is 16.1. The predicted molar refractivity (Wildman–Crippen MR) is 190 cm³/mol. The van der Waals surface area contributed by atoms with E-state index in [0.29, 0.717) is 19.1 Å². The molecule has 1 aromatic carbocycles. The van der Waals surface area contributed by atoms with Gasteiger partial charge in [-0.15, -0.1) is 0 Å². The summed E-state index contributed by atoms with van der Waals surface area (Å²) in [5, 5.41) is 4.96. The Bertz CT molecular complexity index is 1140. The monoisotopic (exact) mass is 694 g/mol. The maximum absolute atomic E-state index is 11.9. The van der Waals surface area contributed by atoms with Gasteiger partial charge in [-0.2, -0.15) is 4.57 Å². The topological polar surface area (TPSA) is 109 Å². The van der Waals surface area contributed by atoms with Gasteiger partial charge in [0.25, 0.3) is 0 Å². The van der Waals surface area contributed by atoms with E-state index in [9.17, 15) is 17.8 Å². The molecule has 0 aliphatic carbocycles. The van der Waals surface area contributed by atoms with E-state index >= 15 is 0 Å². The number of ether oxygens (including phenoxy) is 2. The molecule has 0 saturated carbocycles. The molecule has 2 heterocycles. The number of aryl methyl sites for hydroxylation is 2. The van der Waals surface area contributed by atoms with Crippen LogP contribution >= 0.6 is 11.3 Å². The number of nitrogens with zero attached hydrogens (tertiary/aromatic N) is 1. The SMILES string of the molecule is CCCCCCCCCCCCCCCCC1COC(COC(=O)NCCCCC[n+]2ccsc2)C1.Cc1ccc(S(=O)(=O)[O-])cc1. The molecular formula is C37H62N2O6S2. The number of aromatic nitrogens is 1. The summed E-state index contributed by atoms with van der Waals surface area (Å²) in [6.45, 7) is 7.05. The number of carbonyl (C=O) groups is 1. The van der Waals surface area contributed by atoms with E-state index in [2.05, 4.69) is 33.9 Å². The van der Waals surface area contributed by atoms with Gasteiger partial charge < -0.3 is 19.3 Å². The number of hydrogen-bond acceptors (Lipinski definition) is 7. The van der Waals surface area contributed by atoms with Gasteiger partial charge in [0.15, 0.2) is 6.20 Å².